The molecule has 0 saturated carbocycles. The van der Waals surface area contributed by atoms with Gasteiger partial charge in [-0.15, -0.1) is 0 Å². The van der Waals surface area contributed by atoms with Gasteiger partial charge in [-0.2, -0.15) is 9.40 Å². The molecule has 2 N–H and O–H groups in total. The summed E-state index contributed by atoms with van der Waals surface area (Å²) in [6.45, 7) is 5.33. The molecule has 0 aliphatic heterocycles. The van der Waals surface area contributed by atoms with Crippen molar-refractivity contribution in [3.63, 3.8) is 0 Å². The number of nitrogens with one attached hydrogen (secondary N) is 1. The van der Waals surface area contributed by atoms with Crippen LogP contribution in [0, 0.1) is 6.92 Å². The summed E-state index contributed by atoms with van der Waals surface area (Å²) in [5, 5.41) is 14.9. The molecule has 7 nitrogen and oxygen atoms in total. The molecule has 0 unspecified atom stereocenters. The van der Waals surface area contributed by atoms with E-state index in [9.17, 15) is 13.2 Å². The van der Waals surface area contributed by atoms with E-state index in [1.807, 2.05) is 0 Å². The summed E-state index contributed by atoms with van der Waals surface area (Å²) in [6, 6.07) is -0.243. The van der Waals surface area contributed by atoms with E-state index in [1.165, 1.54) is 10.5 Å². The van der Waals surface area contributed by atoms with Gasteiger partial charge in [0.2, 0.25) is 10.0 Å². The number of hydrogen-bond donors (Lipinski definition) is 2. The number of aromatic amines is 1. The number of hydrogen-bond acceptors (Lipinski definition) is 4. The quantitative estimate of drug-likeness (QED) is 0.778. The van der Waals surface area contributed by atoms with Gasteiger partial charge in [0.1, 0.15) is 4.90 Å². The first-order valence-corrected chi connectivity index (χ1v) is 7.44. The number of carboxylic acids is 1. The Balaban J connectivity index is 2.93. The van der Waals surface area contributed by atoms with Crippen LogP contribution in [0.1, 0.15) is 32.4 Å². The fraction of sp³-hybridized carbons (Fsp3) is 0.636. The minimum absolute atomic E-state index is 0.0525. The number of rotatable bonds is 7. The molecule has 1 rings (SSSR count). The molecule has 0 aliphatic carbocycles. The predicted octanol–water partition coefficient (Wildman–Crippen LogP) is 0.982. The lowest BCUT2D eigenvalue weighted by Gasteiger charge is -2.25. The van der Waals surface area contributed by atoms with Gasteiger partial charge in [0.05, 0.1) is 11.9 Å². The number of aliphatic carboxylic acids is 1. The van der Waals surface area contributed by atoms with E-state index in [1.54, 1.807) is 20.8 Å². The van der Waals surface area contributed by atoms with Crippen LogP contribution < -0.4 is 0 Å². The highest BCUT2D eigenvalue weighted by Crippen LogP contribution is 2.20. The second-order valence-corrected chi connectivity index (χ2v) is 6.43. The van der Waals surface area contributed by atoms with Crippen molar-refractivity contribution in [3.05, 3.63) is 11.9 Å². The van der Waals surface area contributed by atoms with Gasteiger partial charge in [0, 0.05) is 19.0 Å². The number of sulfonamides is 1. The van der Waals surface area contributed by atoms with Crippen molar-refractivity contribution in [1.82, 2.24) is 14.5 Å². The fourth-order valence-corrected chi connectivity index (χ4v) is 3.56. The number of aryl methyl sites for hydroxylation is 1. The van der Waals surface area contributed by atoms with Crippen LogP contribution in [0.3, 0.4) is 0 Å². The molecule has 0 amide bonds. The zero-order valence-corrected chi connectivity index (χ0v) is 12.1. The Morgan fingerprint density at radius 1 is 1.53 bits per heavy atom. The summed E-state index contributed by atoms with van der Waals surface area (Å²) in [7, 11) is -3.64. The third-order valence-electron chi connectivity index (χ3n) is 2.72. The first-order valence-electron chi connectivity index (χ1n) is 6.00. The van der Waals surface area contributed by atoms with Crippen molar-refractivity contribution < 1.29 is 18.3 Å². The Hall–Kier alpha value is -1.41. The third kappa shape index (κ3) is 3.77. The molecule has 108 valence electrons. The van der Waals surface area contributed by atoms with Gasteiger partial charge in [0.25, 0.3) is 0 Å². The Morgan fingerprint density at radius 2 is 2.16 bits per heavy atom. The SMILES string of the molecule is Cc1[nH]ncc1S(=O)(=O)N(CCCC(=O)O)C(C)C. The predicted molar refractivity (Wildman–Crippen MR) is 69.2 cm³/mol. The minimum atomic E-state index is -3.64. The molecule has 0 bridgehead atoms. The van der Waals surface area contributed by atoms with Crippen LogP contribution in [0.2, 0.25) is 0 Å². The summed E-state index contributed by atoms with van der Waals surface area (Å²) in [5.74, 6) is -0.930. The topological polar surface area (TPSA) is 103 Å². The lowest BCUT2D eigenvalue weighted by Crippen LogP contribution is -2.38. The second-order valence-electron chi connectivity index (χ2n) is 4.57. The van der Waals surface area contributed by atoms with Gasteiger partial charge in [-0.05, 0) is 27.2 Å². The maximum absolute atomic E-state index is 12.4. The maximum atomic E-state index is 12.4. The lowest BCUT2D eigenvalue weighted by atomic mass is 10.3. The highest BCUT2D eigenvalue weighted by atomic mass is 32.2. The van der Waals surface area contributed by atoms with Crippen molar-refractivity contribution in [2.75, 3.05) is 6.54 Å². The second kappa shape index (κ2) is 6.16. The van der Waals surface area contributed by atoms with Gasteiger partial charge in [-0.25, -0.2) is 8.42 Å². The van der Waals surface area contributed by atoms with Crippen molar-refractivity contribution in [2.45, 2.75) is 44.6 Å². The van der Waals surface area contributed by atoms with E-state index in [2.05, 4.69) is 10.2 Å². The third-order valence-corrected chi connectivity index (χ3v) is 4.90. The highest BCUT2D eigenvalue weighted by Gasteiger charge is 2.29. The first-order chi connectivity index (χ1) is 8.76. The summed E-state index contributed by atoms with van der Waals surface area (Å²) >= 11 is 0. The number of nitrogens with zero attached hydrogens (tertiary/aromatic N) is 2. The highest BCUT2D eigenvalue weighted by molar-refractivity contribution is 7.89. The van der Waals surface area contributed by atoms with Crippen LogP contribution >= 0.6 is 0 Å². The van der Waals surface area contributed by atoms with Crippen LogP contribution in [0.4, 0.5) is 0 Å². The minimum Gasteiger partial charge on any atom is -0.481 e. The zero-order valence-electron chi connectivity index (χ0n) is 11.3. The molecule has 0 spiro atoms. The average Bonchev–Trinajstić information content (AvgIpc) is 2.70. The maximum Gasteiger partial charge on any atom is 0.303 e. The van der Waals surface area contributed by atoms with Crippen LogP contribution in [-0.2, 0) is 14.8 Å². The smallest absolute Gasteiger partial charge is 0.303 e. The molecule has 1 aromatic rings. The zero-order chi connectivity index (χ0) is 14.6. The molecular weight excluding hydrogens is 270 g/mol. The number of H-pyrrole nitrogens is 1. The molecule has 0 fully saturated rings. The van der Waals surface area contributed by atoms with E-state index < -0.39 is 16.0 Å². The summed E-state index contributed by atoms with van der Waals surface area (Å²) in [6.07, 6.45) is 1.50. The van der Waals surface area contributed by atoms with Crippen LogP contribution in [0.5, 0.6) is 0 Å². The van der Waals surface area contributed by atoms with Gasteiger partial charge in [0.15, 0.2) is 0 Å². The molecule has 0 atom stereocenters. The molecule has 1 aromatic heterocycles. The molecule has 0 aromatic carbocycles. The number of carbonyl (C=O) groups is 1. The largest absolute Gasteiger partial charge is 0.481 e. The summed E-state index contributed by atoms with van der Waals surface area (Å²) < 4.78 is 26.2. The monoisotopic (exact) mass is 289 g/mol. The first kappa shape index (κ1) is 15.6. The van der Waals surface area contributed by atoms with Crippen LogP contribution in [0.25, 0.3) is 0 Å². The number of aromatic nitrogens is 2. The fourth-order valence-electron chi connectivity index (χ4n) is 1.77. The Kier molecular flexibility index (Phi) is 5.07. The van der Waals surface area contributed by atoms with Crippen LogP contribution in [0.15, 0.2) is 11.1 Å². The lowest BCUT2D eigenvalue weighted by molar-refractivity contribution is -0.137. The molecule has 0 saturated heterocycles. The molecule has 0 aliphatic rings. The van der Waals surface area contributed by atoms with E-state index in [0.717, 1.165) is 0 Å². The van der Waals surface area contributed by atoms with Gasteiger partial charge >= 0.3 is 5.97 Å². The van der Waals surface area contributed by atoms with Crippen LogP contribution in [-0.4, -0.2) is 46.6 Å². The molecule has 19 heavy (non-hydrogen) atoms. The summed E-state index contributed by atoms with van der Waals surface area (Å²) in [5.41, 5.74) is 0.476. The van der Waals surface area contributed by atoms with Gasteiger partial charge in [-0.1, -0.05) is 0 Å². The summed E-state index contributed by atoms with van der Waals surface area (Å²) in [4.78, 5) is 10.6. The van der Waals surface area contributed by atoms with Gasteiger partial charge < -0.3 is 5.11 Å². The molecule has 0 radical (unpaired) electrons. The standard InChI is InChI=1S/C11H19N3O4S/c1-8(2)14(6-4-5-11(15)16)19(17,18)10-7-12-13-9(10)3/h7-8H,4-6H2,1-3H3,(H,12,13)(H,15,16). The van der Waals surface area contributed by atoms with E-state index in [-0.39, 0.29) is 30.3 Å². The molecular formula is C11H19N3O4S. The van der Waals surface area contributed by atoms with Crippen molar-refractivity contribution in [1.29, 1.82) is 0 Å². The Labute approximate surface area is 112 Å². The molecule has 8 heteroatoms. The van der Waals surface area contributed by atoms with Crippen molar-refractivity contribution in [2.24, 2.45) is 0 Å². The van der Waals surface area contributed by atoms with Crippen molar-refractivity contribution >= 4 is 16.0 Å². The Bertz CT molecular complexity index is 536. The van der Waals surface area contributed by atoms with E-state index in [0.29, 0.717) is 5.69 Å². The number of carboxylic acid groups (broad SMARTS) is 1. The van der Waals surface area contributed by atoms with Crippen molar-refractivity contribution in [3.8, 4) is 0 Å². The molecule has 1 heterocycles. The van der Waals surface area contributed by atoms with Gasteiger partial charge in [-0.3, -0.25) is 9.89 Å². The normalized spacial score (nSPS) is 12.3. The van der Waals surface area contributed by atoms with E-state index in [4.69, 9.17) is 5.11 Å². The average molecular weight is 289 g/mol. The Morgan fingerprint density at radius 3 is 2.58 bits per heavy atom. The van der Waals surface area contributed by atoms with E-state index >= 15 is 0 Å².